The molecule has 3 aliphatic rings. The molecule has 2 saturated carbocycles. The van der Waals surface area contributed by atoms with E-state index in [1.165, 1.54) is 4.90 Å². The topological polar surface area (TPSA) is 43.8 Å². The van der Waals surface area contributed by atoms with Crippen molar-refractivity contribution in [2.45, 2.75) is 95.1 Å². The van der Waals surface area contributed by atoms with Crippen LogP contribution in [0.5, 0.6) is 0 Å². The number of hydrogen-bond acceptors (Lipinski definition) is 3. The third kappa shape index (κ3) is 7.24. The fourth-order valence-corrected chi connectivity index (χ4v) is 6.19. The molecule has 0 aromatic rings. The predicted octanol–water partition coefficient (Wildman–Crippen LogP) is 5.40. The smallest absolute Gasteiger partial charge is 0.391 e. The van der Waals surface area contributed by atoms with Crippen LogP contribution in [0.25, 0.3) is 0 Å². The standard InChI is InChI=1S/C24H38F6N2O2/c1-31(10-7-16-13-18(23(25,26)27)15-19(14-16)24(28,29)30)22(34)21(17-5-3-2-4-6-17)32-11-8-20(33)9-12-32/h16-21,33H,2-15H2,1H3. The van der Waals surface area contributed by atoms with E-state index in [-0.39, 0.29) is 49.8 Å². The van der Waals surface area contributed by atoms with Crippen molar-refractivity contribution in [2.75, 3.05) is 26.7 Å². The van der Waals surface area contributed by atoms with Crippen LogP contribution >= 0.6 is 0 Å². The van der Waals surface area contributed by atoms with E-state index in [2.05, 4.69) is 4.90 Å². The van der Waals surface area contributed by atoms with Crippen LogP contribution in [0.15, 0.2) is 0 Å². The Hall–Kier alpha value is -1.03. The Kier molecular flexibility index (Phi) is 9.20. The maximum atomic E-state index is 13.5. The number of rotatable bonds is 6. The molecule has 1 N–H and O–H groups in total. The van der Waals surface area contributed by atoms with Gasteiger partial charge in [0.15, 0.2) is 0 Å². The summed E-state index contributed by atoms with van der Waals surface area (Å²) in [7, 11) is 1.61. The van der Waals surface area contributed by atoms with Crippen LogP contribution in [0.3, 0.4) is 0 Å². The number of carbonyl (C=O) groups is 1. The summed E-state index contributed by atoms with van der Waals surface area (Å²) in [6.07, 6.45) is -4.74. The molecule has 2 aliphatic carbocycles. The average molecular weight is 501 g/mol. The number of likely N-dealkylation sites (tertiary alicyclic amines) is 1. The number of carbonyl (C=O) groups excluding carboxylic acids is 1. The summed E-state index contributed by atoms with van der Waals surface area (Å²) >= 11 is 0. The molecule has 198 valence electrons. The second-order valence-electron chi connectivity index (χ2n) is 10.7. The highest BCUT2D eigenvalue weighted by Crippen LogP contribution is 2.48. The predicted molar refractivity (Wildman–Crippen MR) is 116 cm³/mol. The number of hydrogen-bond donors (Lipinski definition) is 1. The molecular formula is C24H38F6N2O2. The van der Waals surface area contributed by atoms with Gasteiger partial charge in [-0.3, -0.25) is 9.69 Å². The minimum atomic E-state index is -4.64. The van der Waals surface area contributed by atoms with E-state index >= 15 is 0 Å². The van der Waals surface area contributed by atoms with Gasteiger partial charge >= 0.3 is 12.4 Å². The maximum absolute atomic E-state index is 13.5. The Balaban J connectivity index is 1.64. The zero-order valence-electron chi connectivity index (χ0n) is 19.9. The van der Waals surface area contributed by atoms with Gasteiger partial charge in [-0.25, -0.2) is 0 Å². The minimum absolute atomic E-state index is 0.0983. The zero-order chi connectivity index (χ0) is 25.1. The van der Waals surface area contributed by atoms with E-state index < -0.39 is 36.5 Å². The first-order valence-corrected chi connectivity index (χ1v) is 12.7. The molecule has 3 rings (SSSR count). The average Bonchev–Trinajstić information content (AvgIpc) is 2.78. The van der Waals surface area contributed by atoms with Gasteiger partial charge in [-0.15, -0.1) is 0 Å². The summed E-state index contributed by atoms with van der Waals surface area (Å²) in [6, 6.07) is -0.338. The molecule has 4 nitrogen and oxygen atoms in total. The molecule has 0 aromatic carbocycles. The van der Waals surface area contributed by atoms with Crippen molar-refractivity contribution in [1.82, 2.24) is 9.80 Å². The summed E-state index contributed by atoms with van der Waals surface area (Å²) in [5.41, 5.74) is 0. The number of halogens is 6. The number of likely N-dealkylation sites (N-methyl/N-ethyl adjacent to an activating group) is 1. The number of piperidine rings is 1. The Morgan fingerprint density at radius 1 is 0.912 bits per heavy atom. The van der Waals surface area contributed by atoms with E-state index in [0.29, 0.717) is 25.9 Å². The summed E-state index contributed by atoms with van der Waals surface area (Å²) in [5, 5.41) is 9.87. The van der Waals surface area contributed by atoms with E-state index in [9.17, 15) is 36.2 Å². The van der Waals surface area contributed by atoms with Gasteiger partial charge in [0.1, 0.15) is 0 Å². The molecule has 1 amide bonds. The first-order chi connectivity index (χ1) is 15.9. The van der Waals surface area contributed by atoms with E-state index in [1.54, 1.807) is 7.05 Å². The quantitative estimate of drug-likeness (QED) is 0.497. The molecule has 10 heteroatoms. The third-order valence-electron chi connectivity index (χ3n) is 8.22. The van der Waals surface area contributed by atoms with Crippen molar-refractivity contribution in [3.05, 3.63) is 0 Å². The van der Waals surface area contributed by atoms with Crippen molar-refractivity contribution < 1.29 is 36.2 Å². The largest absolute Gasteiger partial charge is 0.393 e. The lowest BCUT2D eigenvalue weighted by atomic mass is 9.73. The number of alkyl halides is 6. The molecule has 1 saturated heterocycles. The molecule has 0 bridgehead atoms. The van der Waals surface area contributed by atoms with E-state index in [4.69, 9.17) is 0 Å². The number of aliphatic hydroxyl groups is 1. The highest BCUT2D eigenvalue weighted by atomic mass is 19.4. The van der Waals surface area contributed by atoms with Gasteiger partial charge in [-0.1, -0.05) is 19.3 Å². The number of nitrogens with zero attached hydrogens (tertiary/aromatic N) is 2. The Labute approximate surface area is 198 Å². The van der Waals surface area contributed by atoms with Crippen molar-refractivity contribution in [3.8, 4) is 0 Å². The van der Waals surface area contributed by atoms with Crippen LogP contribution < -0.4 is 0 Å². The fraction of sp³-hybridized carbons (Fsp3) is 0.958. The van der Waals surface area contributed by atoms with Gasteiger partial charge in [0.2, 0.25) is 5.91 Å². The van der Waals surface area contributed by atoms with E-state index in [0.717, 1.165) is 32.1 Å². The molecular weight excluding hydrogens is 462 g/mol. The highest BCUT2D eigenvalue weighted by molar-refractivity contribution is 5.82. The monoisotopic (exact) mass is 500 g/mol. The molecule has 34 heavy (non-hydrogen) atoms. The molecule has 0 aromatic heterocycles. The van der Waals surface area contributed by atoms with Crippen LogP contribution in [-0.2, 0) is 4.79 Å². The lowest BCUT2D eigenvalue weighted by Crippen LogP contribution is -2.54. The fourth-order valence-electron chi connectivity index (χ4n) is 6.19. The first-order valence-electron chi connectivity index (χ1n) is 12.7. The van der Waals surface area contributed by atoms with Crippen molar-refractivity contribution in [3.63, 3.8) is 0 Å². The maximum Gasteiger partial charge on any atom is 0.391 e. The second kappa shape index (κ2) is 11.4. The zero-order valence-corrected chi connectivity index (χ0v) is 19.9. The van der Waals surface area contributed by atoms with Crippen molar-refractivity contribution >= 4 is 5.91 Å². The van der Waals surface area contributed by atoms with Crippen LogP contribution in [0, 0.1) is 23.7 Å². The van der Waals surface area contributed by atoms with Crippen LogP contribution in [0.2, 0.25) is 0 Å². The lowest BCUT2D eigenvalue weighted by molar-refractivity contribution is -0.229. The molecule has 3 atom stereocenters. The third-order valence-corrected chi connectivity index (χ3v) is 8.22. The van der Waals surface area contributed by atoms with Crippen LogP contribution in [0.4, 0.5) is 26.3 Å². The summed E-state index contributed by atoms with van der Waals surface area (Å²) in [5.74, 6) is -4.53. The number of aliphatic hydroxyl groups excluding tert-OH is 1. The molecule has 3 fully saturated rings. The van der Waals surface area contributed by atoms with Gasteiger partial charge in [-0.05, 0) is 63.2 Å². The molecule has 0 radical (unpaired) electrons. The van der Waals surface area contributed by atoms with Gasteiger partial charge in [0.05, 0.1) is 24.0 Å². The van der Waals surface area contributed by atoms with Gasteiger partial charge in [-0.2, -0.15) is 26.3 Å². The summed E-state index contributed by atoms with van der Waals surface area (Å²) < 4.78 is 79.8. The minimum Gasteiger partial charge on any atom is -0.393 e. The van der Waals surface area contributed by atoms with Crippen molar-refractivity contribution in [1.29, 1.82) is 0 Å². The van der Waals surface area contributed by atoms with Gasteiger partial charge < -0.3 is 10.0 Å². The van der Waals surface area contributed by atoms with Crippen molar-refractivity contribution in [2.24, 2.45) is 23.7 Å². The molecule has 1 aliphatic heterocycles. The van der Waals surface area contributed by atoms with Crippen LogP contribution in [0.1, 0.15) is 70.6 Å². The lowest BCUT2D eigenvalue weighted by Gasteiger charge is -2.42. The van der Waals surface area contributed by atoms with Gasteiger partial charge in [0.25, 0.3) is 0 Å². The Morgan fingerprint density at radius 3 is 1.94 bits per heavy atom. The Morgan fingerprint density at radius 2 is 1.44 bits per heavy atom. The highest BCUT2D eigenvalue weighted by Gasteiger charge is 2.51. The Bertz CT molecular complexity index is 635. The first kappa shape index (κ1) is 27.6. The van der Waals surface area contributed by atoms with Crippen LogP contribution in [-0.4, -0.2) is 72.0 Å². The van der Waals surface area contributed by atoms with Gasteiger partial charge in [0, 0.05) is 26.7 Å². The molecule has 1 heterocycles. The molecule has 3 unspecified atom stereocenters. The SMILES string of the molecule is CN(CCC1CC(C(F)(F)F)CC(C(F)(F)F)C1)C(=O)C(C1CCCCC1)N1CCC(O)CC1. The summed E-state index contributed by atoms with van der Waals surface area (Å²) in [6.45, 7) is 1.38. The second-order valence-corrected chi connectivity index (χ2v) is 10.7. The number of amides is 1. The normalized spacial score (nSPS) is 29.7. The summed E-state index contributed by atoms with van der Waals surface area (Å²) in [4.78, 5) is 17.1. The molecule has 0 spiro atoms. The van der Waals surface area contributed by atoms with E-state index in [1.807, 2.05) is 0 Å².